The van der Waals surface area contributed by atoms with Crippen molar-refractivity contribution in [1.82, 2.24) is 14.9 Å². The van der Waals surface area contributed by atoms with Gasteiger partial charge >= 0.3 is 5.97 Å². The highest BCUT2D eigenvalue weighted by atomic mass is 35.5. The molecule has 0 amide bonds. The second-order valence-corrected chi connectivity index (χ2v) is 10.1. The zero-order valence-corrected chi connectivity index (χ0v) is 20.5. The number of halogens is 1. The van der Waals surface area contributed by atoms with Crippen LogP contribution in [-0.4, -0.2) is 38.0 Å². The van der Waals surface area contributed by atoms with Crippen molar-refractivity contribution in [2.75, 3.05) is 6.54 Å². The third-order valence-corrected chi connectivity index (χ3v) is 6.51. The quantitative estimate of drug-likeness (QED) is 0.451. The van der Waals surface area contributed by atoms with E-state index in [-0.39, 0.29) is 17.9 Å². The lowest BCUT2D eigenvalue weighted by molar-refractivity contribution is -0.138. The number of ether oxygens (including phenoxy) is 1. The number of hydrogen-bond acceptors (Lipinski definition) is 5. The summed E-state index contributed by atoms with van der Waals surface area (Å²) in [6.07, 6.45) is 2.88. The van der Waals surface area contributed by atoms with Crippen molar-refractivity contribution < 1.29 is 14.6 Å². The zero-order valence-electron chi connectivity index (χ0n) is 19.8. The molecule has 7 heteroatoms. The molecule has 1 aromatic heterocycles. The molecule has 4 rings (SSSR count). The number of carbonyl (C=O) groups is 1. The van der Waals surface area contributed by atoms with E-state index >= 15 is 0 Å². The Balaban J connectivity index is 1.43. The van der Waals surface area contributed by atoms with Crippen LogP contribution in [0, 0.1) is 5.92 Å². The minimum Gasteiger partial charge on any atom is -0.489 e. The van der Waals surface area contributed by atoms with Gasteiger partial charge in [0, 0.05) is 53.8 Å². The number of carboxylic acid groups (broad SMARTS) is 1. The standard InChI is InChI=1S/C27H30ClN3O3/c1-18(12-25(32)33)15-31-16-21-14-29-26(30-24(21)13-27(31,2)3)20-6-10-23(11-7-20)34-17-19-4-8-22(28)9-5-19/h4-11,14,18H,12-13,15-17H2,1-3H3,(H,32,33). The molecule has 1 aliphatic heterocycles. The van der Waals surface area contributed by atoms with Gasteiger partial charge in [0.05, 0.1) is 5.69 Å². The van der Waals surface area contributed by atoms with Crippen molar-refractivity contribution >= 4 is 17.6 Å². The van der Waals surface area contributed by atoms with Crippen molar-refractivity contribution in [2.24, 2.45) is 5.92 Å². The predicted octanol–water partition coefficient (Wildman–Crippen LogP) is 5.62. The first-order valence-corrected chi connectivity index (χ1v) is 11.9. The summed E-state index contributed by atoms with van der Waals surface area (Å²) in [5.41, 5.74) is 4.05. The molecule has 1 N–H and O–H groups in total. The summed E-state index contributed by atoms with van der Waals surface area (Å²) >= 11 is 5.93. The number of aliphatic carboxylic acids is 1. The third kappa shape index (κ3) is 5.93. The summed E-state index contributed by atoms with van der Waals surface area (Å²) in [5.74, 6) is 0.812. The molecule has 34 heavy (non-hydrogen) atoms. The molecule has 0 fully saturated rings. The maximum Gasteiger partial charge on any atom is 0.303 e. The largest absolute Gasteiger partial charge is 0.489 e. The number of rotatable bonds is 8. The lowest BCUT2D eigenvalue weighted by atomic mass is 9.88. The zero-order chi connectivity index (χ0) is 24.3. The highest BCUT2D eigenvalue weighted by molar-refractivity contribution is 6.30. The Morgan fingerprint density at radius 1 is 1.18 bits per heavy atom. The average molecular weight is 480 g/mol. The maximum atomic E-state index is 11.1. The summed E-state index contributed by atoms with van der Waals surface area (Å²) in [6, 6.07) is 15.4. The van der Waals surface area contributed by atoms with Gasteiger partial charge in [-0.15, -0.1) is 0 Å². The lowest BCUT2D eigenvalue weighted by Crippen LogP contribution is -2.50. The van der Waals surface area contributed by atoms with Crippen LogP contribution in [0.1, 0.15) is 44.0 Å². The molecule has 2 aromatic carbocycles. The fourth-order valence-corrected chi connectivity index (χ4v) is 4.43. The van der Waals surface area contributed by atoms with Crippen LogP contribution >= 0.6 is 11.6 Å². The normalized spacial score (nSPS) is 16.0. The molecule has 0 bridgehead atoms. The fraction of sp³-hybridized carbons (Fsp3) is 0.370. The molecule has 1 atom stereocenters. The second-order valence-electron chi connectivity index (χ2n) is 9.68. The number of hydrogen-bond donors (Lipinski definition) is 1. The topological polar surface area (TPSA) is 75.5 Å². The van der Waals surface area contributed by atoms with Crippen LogP contribution in [0.15, 0.2) is 54.7 Å². The van der Waals surface area contributed by atoms with E-state index in [2.05, 4.69) is 23.7 Å². The van der Waals surface area contributed by atoms with Crippen LogP contribution in [0.25, 0.3) is 11.4 Å². The van der Waals surface area contributed by atoms with Crippen molar-refractivity contribution in [3.8, 4) is 17.1 Å². The van der Waals surface area contributed by atoms with E-state index in [1.54, 1.807) is 0 Å². The molecule has 3 aromatic rings. The molecule has 1 aliphatic rings. The first-order chi connectivity index (χ1) is 16.2. The molecule has 0 saturated carbocycles. The first-order valence-electron chi connectivity index (χ1n) is 11.5. The van der Waals surface area contributed by atoms with Crippen LogP contribution < -0.4 is 4.74 Å². The van der Waals surface area contributed by atoms with Gasteiger partial charge in [-0.25, -0.2) is 9.97 Å². The summed E-state index contributed by atoms with van der Waals surface area (Å²) in [5, 5.41) is 9.81. The van der Waals surface area contributed by atoms with Gasteiger partial charge in [0.15, 0.2) is 5.82 Å². The number of aromatic nitrogens is 2. The third-order valence-electron chi connectivity index (χ3n) is 6.26. The van der Waals surface area contributed by atoms with Crippen LogP contribution in [0.5, 0.6) is 5.75 Å². The predicted molar refractivity (Wildman–Crippen MR) is 133 cm³/mol. The van der Waals surface area contributed by atoms with Gasteiger partial charge in [0.1, 0.15) is 12.4 Å². The fourth-order valence-electron chi connectivity index (χ4n) is 4.31. The van der Waals surface area contributed by atoms with Crippen LogP contribution in [0.3, 0.4) is 0 Å². The van der Waals surface area contributed by atoms with E-state index in [1.807, 2.05) is 61.7 Å². The van der Waals surface area contributed by atoms with E-state index in [9.17, 15) is 4.79 Å². The number of benzene rings is 2. The molecule has 0 spiro atoms. The highest BCUT2D eigenvalue weighted by Gasteiger charge is 2.34. The van der Waals surface area contributed by atoms with Crippen molar-refractivity contribution in [1.29, 1.82) is 0 Å². The second kappa shape index (κ2) is 10.1. The smallest absolute Gasteiger partial charge is 0.303 e. The van der Waals surface area contributed by atoms with Crippen molar-refractivity contribution in [3.63, 3.8) is 0 Å². The van der Waals surface area contributed by atoms with Crippen LogP contribution in [-0.2, 0) is 24.4 Å². The minimum atomic E-state index is -0.753. The van der Waals surface area contributed by atoms with Crippen LogP contribution in [0.4, 0.5) is 0 Å². The molecule has 0 aliphatic carbocycles. The summed E-state index contributed by atoms with van der Waals surface area (Å²) < 4.78 is 5.88. The summed E-state index contributed by atoms with van der Waals surface area (Å²) in [6.45, 7) is 8.31. The monoisotopic (exact) mass is 479 g/mol. The Labute approximate surface area is 205 Å². The van der Waals surface area contributed by atoms with Crippen LogP contribution in [0.2, 0.25) is 5.02 Å². The van der Waals surface area contributed by atoms with E-state index in [0.29, 0.717) is 17.5 Å². The Morgan fingerprint density at radius 2 is 1.88 bits per heavy atom. The summed E-state index contributed by atoms with van der Waals surface area (Å²) in [7, 11) is 0. The van der Waals surface area contributed by atoms with E-state index in [0.717, 1.165) is 47.6 Å². The number of nitrogens with zero attached hydrogens (tertiary/aromatic N) is 3. The Bertz CT molecular complexity index is 1150. The molecule has 0 radical (unpaired) electrons. The molecular weight excluding hydrogens is 450 g/mol. The minimum absolute atomic E-state index is 0.0824. The van der Waals surface area contributed by atoms with Crippen molar-refractivity contribution in [2.45, 2.75) is 52.3 Å². The van der Waals surface area contributed by atoms with Gasteiger partial charge in [0.2, 0.25) is 0 Å². The molecular formula is C27H30ClN3O3. The number of fused-ring (bicyclic) bond motifs is 1. The Hall–Kier alpha value is -2.96. The first kappa shape index (κ1) is 24.2. The highest BCUT2D eigenvalue weighted by Crippen LogP contribution is 2.32. The van der Waals surface area contributed by atoms with E-state index < -0.39 is 5.97 Å². The average Bonchev–Trinajstić information content (AvgIpc) is 2.78. The number of carboxylic acids is 1. The molecule has 1 unspecified atom stereocenters. The van der Waals surface area contributed by atoms with Gasteiger partial charge in [-0.3, -0.25) is 9.69 Å². The van der Waals surface area contributed by atoms with Gasteiger partial charge in [-0.05, 0) is 61.7 Å². The SMILES string of the molecule is CC(CC(=O)O)CN1Cc2cnc(-c3ccc(OCc4ccc(Cl)cc4)cc3)nc2CC1(C)C. The molecule has 178 valence electrons. The van der Waals surface area contributed by atoms with Gasteiger partial charge in [-0.2, -0.15) is 0 Å². The van der Waals surface area contributed by atoms with Gasteiger partial charge < -0.3 is 9.84 Å². The van der Waals surface area contributed by atoms with Gasteiger partial charge in [0.25, 0.3) is 0 Å². The Kier molecular flexibility index (Phi) is 7.19. The lowest BCUT2D eigenvalue weighted by Gasteiger charge is -2.43. The Morgan fingerprint density at radius 3 is 2.56 bits per heavy atom. The molecule has 6 nitrogen and oxygen atoms in total. The van der Waals surface area contributed by atoms with Gasteiger partial charge in [-0.1, -0.05) is 30.7 Å². The van der Waals surface area contributed by atoms with Crippen molar-refractivity contribution in [3.05, 3.63) is 76.6 Å². The van der Waals surface area contributed by atoms with E-state index in [1.165, 1.54) is 0 Å². The molecule has 2 heterocycles. The molecule has 0 saturated heterocycles. The maximum absolute atomic E-state index is 11.1. The van der Waals surface area contributed by atoms with E-state index in [4.69, 9.17) is 26.4 Å². The summed E-state index contributed by atoms with van der Waals surface area (Å²) in [4.78, 5) is 22.9.